The molecule has 176 valence electrons. The smallest absolute Gasteiger partial charge is 0.337 e. The fraction of sp³-hybridized carbons (Fsp3) is 0.348. The molecule has 1 heterocycles. The van der Waals surface area contributed by atoms with Crippen LogP contribution in [0.3, 0.4) is 0 Å². The first-order chi connectivity index (χ1) is 15.7. The van der Waals surface area contributed by atoms with Crippen molar-refractivity contribution in [3.63, 3.8) is 0 Å². The quantitative estimate of drug-likeness (QED) is 0.639. The maximum Gasteiger partial charge on any atom is 0.337 e. The van der Waals surface area contributed by atoms with Crippen molar-refractivity contribution in [2.45, 2.75) is 31.1 Å². The van der Waals surface area contributed by atoms with Gasteiger partial charge < -0.3 is 14.8 Å². The first-order valence-electron chi connectivity index (χ1n) is 10.4. The molecule has 0 atom stereocenters. The minimum Gasteiger partial charge on any atom is -0.465 e. The van der Waals surface area contributed by atoms with Gasteiger partial charge in [-0.3, -0.25) is 4.79 Å². The number of aryl methyl sites for hydroxylation is 1. The van der Waals surface area contributed by atoms with E-state index < -0.39 is 27.9 Å². The molecule has 1 aliphatic heterocycles. The van der Waals surface area contributed by atoms with E-state index in [9.17, 15) is 22.8 Å². The van der Waals surface area contributed by atoms with Crippen LogP contribution in [0.2, 0.25) is 0 Å². The fourth-order valence-corrected chi connectivity index (χ4v) is 5.17. The zero-order valence-electron chi connectivity index (χ0n) is 18.7. The van der Waals surface area contributed by atoms with Gasteiger partial charge in [0.15, 0.2) is 0 Å². The highest BCUT2D eigenvalue weighted by molar-refractivity contribution is 7.89. The molecule has 0 radical (unpaired) electrons. The van der Waals surface area contributed by atoms with Gasteiger partial charge in [0.2, 0.25) is 10.0 Å². The Kier molecular flexibility index (Phi) is 7.50. The third-order valence-corrected chi connectivity index (χ3v) is 7.33. The second-order valence-electron chi connectivity index (χ2n) is 7.68. The van der Waals surface area contributed by atoms with Gasteiger partial charge in [-0.25, -0.2) is 18.0 Å². The van der Waals surface area contributed by atoms with Crippen LogP contribution >= 0.6 is 0 Å². The molecule has 3 rings (SSSR count). The Labute approximate surface area is 192 Å². The number of rotatable bonds is 6. The third kappa shape index (κ3) is 5.40. The summed E-state index contributed by atoms with van der Waals surface area (Å²) in [6.45, 7) is 2.60. The van der Waals surface area contributed by atoms with E-state index in [-0.39, 0.29) is 27.3 Å². The van der Waals surface area contributed by atoms with E-state index in [0.29, 0.717) is 18.7 Å². The van der Waals surface area contributed by atoms with E-state index in [2.05, 4.69) is 5.32 Å². The Bertz CT molecular complexity index is 1150. The van der Waals surface area contributed by atoms with Gasteiger partial charge >= 0.3 is 11.9 Å². The molecule has 0 unspecified atom stereocenters. The molecule has 0 bridgehead atoms. The number of piperidine rings is 1. The number of amides is 1. The Morgan fingerprint density at radius 3 is 2.00 bits per heavy atom. The van der Waals surface area contributed by atoms with Crippen LogP contribution in [0.25, 0.3) is 0 Å². The number of benzene rings is 2. The molecule has 0 saturated carbocycles. The number of carbonyl (C=O) groups excluding carboxylic acids is 3. The Balaban J connectivity index is 1.94. The number of methoxy groups -OCH3 is 2. The minimum absolute atomic E-state index is 0.0405. The number of anilines is 1. The van der Waals surface area contributed by atoms with E-state index in [1.54, 1.807) is 13.0 Å². The highest BCUT2D eigenvalue weighted by Gasteiger charge is 2.27. The van der Waals surface area contributed by atoms with Gasteiger partial charge in [0.25, 0.3) is 5.91 Å². The largest absolute Gasteiger partial charge is 0.465 e. The number of hydrogen-bond donors (Lipinski definition) is 1. The lowest BCUT2D eigenvalue weighted by molar-refractivity contribution is 0.0598. The number of esters is 2. The lowest BCUT2D eigenvalue weighted by Gasteiger charge is -2.26. The third-order valence-electron chi connectivity index (χ3n) is 5.44. The molecule has 1 amide bonds. The maximum absolute atomic E-state index is 13.0. The number of carbonyl (C=O) groups is 3. The van der Waals surface area contributed by atoms with E-state index in [1.165, 1.54) is 48.9 Å². The van der Waals surface area contributed by atoms with E-state index in [0.717, 1.165) is 19.3 Å². The monoisotopic (exact) mass is 474 g/mol. The average molecular weight is 475 g/mol. The van der Waals surface area contributed by atoms with E-state index in [4.69, 9.17) is 9.47 Å². The second-order valence-corrected chi connectivity index (χ2v) is 9.62. The van der Waals surface area contributed by atoms with E-state index >= 15 is 0 Å². The molecule has 2 aromatic carbocycles. The maximum atomic E-state index is 13.0. The summed E-state index contributed by atoms with van der Waals surface area (Å²) in [5.41, 5.74) is 0.994. The van der Waals surface area contributed by atoms with Crippen molar-refractivity contribution in [1.29, 1.82) is 0 Å². The van der Waals surface area contributed by atoms with Crippen molar-refractivity contribution < 1.29 is 32.3 Å². The summed E-state index contributed by atoms with van der Waals surface area (Å²) in [6.07, 6.45) is 2.60. The van der Waals surface area contributed by atoms with Crippen LogP contribution < -0.4 is 5.32 Å². The summed E-state index contributed by atoms with van der Waals surface area (Å²) < 4.78 is 36.9. The Hall–Kier alpha value is -3.24. The van der Waals surface area contributed by atoms with Crippen LogP contribution in [0.4, 0.5) is 5.69 Å². The van der Waals surface area contributed by atoms with Crippen LogP contribution in [0.1, 0.15) is 55.9 Å². The number of nitrogens with zero attached hydrogens (tertiary/aromatic N) is 1. The lowest BCUT2D eigenvalue weighted by atomic mass is 10.1. The summed E-state index contributed by atoms with van der Waals surface area (Å²) in [5.74, 6) is -1.97. The van der Waals surface area contributed by atoms with Gasteiger partial charge in [-0.1, -0.05) is 12.5 Å². The molecule has 33 heavy (non-hydrogen) atoms. The molecular weight excluding hydrogens is 448 g/mol. The molecule has 9 nitrogen and oxygen atoms in total. The molecule has 1 fully saturated rings. The zero-order valence-corrected chi connectivity index (χ0v) is 19.5. The van der Waals surface area contributed by atoms with Crippen molar-refractivity contribution in [1.82, 2.24) is 4.31 Å². The number of nitrogens with one attached hydrogen (secondary N) is 1. The molecule has 1 aliphatic rings. The topological polar surface area (TPSA) is 119 Å². The predicted octanol–water partition coefficient (Wildman–Crippen LogP) is 3.00. The molecule has 0 aliphatic carbocycles. The predicted molar refractivity (Wildman–Crippen MR) is 121 cm³/mol. The first kappa shape index (κ1) is 24.4. The van der Waals surface area contributed by atoms with Crippen LogP contribution in [0.5, 0.6) is 0 Å². The number of hydrogen-bond acceptors (Lipinski definition) is 7. The average Bonchev–Trinajstić information content (AvgIpc) is 2.83. The lowest BCUT2D eigenvalue weighted by Crippen LogP contribution is -2.35. The Morgan fingerprint density at radius 1 is 0.879 bits per heavy atom. The van der Waals surface area contributed by atoms with Crippen molar-refractivity contribution in [2.24, 2.45) is 0 Å². The molecule has 10 heteroatoms. The van der Waals surface area contributed by atoms with Crippen molar-refractivity contribution in [2.75, 3.05) is 32.6 Å². The van der Waals surface area contributed by atoms with Crippen molar-refractivity contribution >= 4 is 33.6 Å². The molecule has 1 N–H and O–H groups in total. The highest BCUT2D eigenvalue weighted by Crippen LogP contribution is 2.24. The molecule has 2 aromatic rings. The molecule has 0 aromatic heterocycles. The van der Waals surface area contributed by atoms with Gasteiger partial charge in [0, 0.05) is 24.3 Å². The molecule has 1 saturated heterocycles. The molecular formula is C23H26N2O7S. The SMILES string of the molecule is COC(=O)c1cc(NC(=O)c2cc(S(=O)(=O)N3CCCCC3)ccc2C)cc(C(=O)OC)c1. The fourth-order valence-electron chi connectivity index (χ4n) is 3.63. The number of ether oxygens (including phenoxy) is 2. The summed E-state index contributed by atoms with van der Waals surface area (Å²) in [6, 6.07) is 8.43. The molecule has 0 spiro atoms. The normalized spacial score (nSPS) is 14.4. The van der Waals surface area contributed by atoms with Gasteiger partial charge in [0.05, 0.1) is 30.2 Å². The zero-order chi connectivity index (χ0) is 24.2. The van der Waals surface area contributed by atoms with Gasteiger partial charge in [-0.2, -0.15) is 4.31 Å². The van der Waals surface area contributed by atoms with Gasteiger partial charge in [-0.05, 0) is 55.7 Å². The summed E-state index contributed by atoms with van der Waals surface area (Å²) in [7, 11) is -1.32. The van der Waals surface area contributed by atoms with Crippen LogP contribution in [0.15, 0.2) is 41.3 Å². The van der Waals surface area contributed by atoms with Gasteiger partial charge in [-0.15, -0.1) is 0 Å². The standard InChI is InChI=1S/C23H26N2O7S/c1-15-7-8-19(33(29,30)25-9-5-4-6-10-25)14-20(15)21(26)24-18-12-16(22(27)31-2)11-17(13-18)23(28)32-3/h7-8,11-14H,4-6,9-10H2,1-3H3,(H,24,26). The minimum atomic E-state index is -3.72. The summed E-state index contributed by atoms with van der Waals surface area (Å²) in [4.78, 5) is 37.1. The second kappa shape index (κ2) is 10.1. The first-order valence-corrected chi connectivity index (χ1v) is 11.8. The van der Waals surface area contributed by atoms with Gasteiger partial charge in [0.1, 0.15) is 0 Å². The van der Waals surface area contributed by atoms with Crippen LogP contribution in [-0.2, 0) is 19.5 Å². The number of sulfonamides is 1. The summed E-state index contributed by atoms with van der Waals surface area (Å²) in [5, 5.41) is 2.63. The highest BCUT2D eigenvalue weighted by atomic mass is 32.2. The Morgan fingerprint density at radius 2 is 1.45 bits per heavy atom. The van der Waals surface area contributed by atoms with Crippen LogP contribution in [-0.4, -0.2) is 57.9 Å². The van der Waals surface area contributed by atoms with Crippen molar-refractivity contribution in [3.05, 3.63) is 58.7 Å². The summed E-state index contributed by atoms with van der Waals surface area (Å²) >= 11 is 0. The van der Waals surface area contributed by atoms with E-state index in [1.807, 2.05) is 0 Å². The van der Waals surface area contributed by atoms with Crippen LogP contribution in [0, 0.1) is 6.92 Å². The van der Waals surface area contributed by atoms with Crippen molar-refractivity contribution in [3.8, 4) is 0 Å².